The van der Waals surface area contributed by atoms with Crippen LogP contribution >= 0.6 is 11.8 Å². The molecule has 0 saturated heterocycles. The Bertz CT molecular complexity index is 578. The molecule has 0 aliphatic rings. The minimum Gasteiger partial charge on any atom is -0.478 e. The zero-order valence-electron chi connectivity index (χ0n) is 10.5. The third-order valence-electron chi connectivity index (χ3n) is 2.91. The molecule has 1 aromatic heterocycles. The van der Waals surface area contributed by atoms with Gasteiger partial charge in [-0.25, -0.2) is 9.78 Å². The lowest BCUT2D eigenvalue weighted by Crippen LogP contribution is -2.04. The predicted molar refractivity (Wildman–Crippen MR) is 74.5 cm³/mol. The van der Waals surface area contributed by atoms with Crippen molar-refractivity contribution in [3.05, 3.63) is 29.6 Å². The highest BCUT2D eigenvalue weighted by Gasteiger charge is 2.11. The van der Waals surface area contributed by atoms with E-state index in [-0.39, 0.29) is 0 Å². The largest absolute Gasteiger partial charge is 0.478 e. The molecule has 1 N–H and O–H groups in total. The van der Waals surface area contributed by atoms with Gasteiger partial charge in [0, 0.05) is 18.7 Å². The van der Waals surface area contributed by atoms with E-state index in [1.165, 1.54) is 0 Å². The van der Waals surface area contributed by atoms with Crippen molar-refractivity contribution in [2.45, 2.75) is 19.9 Å². The van der Waals surface area contributed by atoms with Crippen molar-refractivity contribution in [1.82, 2.24) is 9.55 Å². The summed E-state index contributed by atoms with van der Waals surface area (Å²) in [6.07, 6.45) is 2.93. The minimum atomic E-state index is -0.909. The molecule has 0 amide bonds. The fraction of sp³-hybridized carbons (Fsp3) is 0.385. The number of imidazole rings is 1. The summed E-state index contributed by atoms with van der Waals surface area (Å²) in [5, 5.41) is 8.98. The highest BCUT2D eigenvalue weighted by Crippen LogP contribution is 2.19. The van der Waals surface area contributed by atoms with E-state index in [2.05, 4.69) is 22.7 Å². The Morgan fingerprint density at radius 1 is 1.50 bits per heavy atom. The predicted octanol–water partition coefficient (Wildman–Crippen LogP) is 2.66. The molecule has 5 heteroatoms. The van der Waals surface area contributed by atoms with Gasteiger partial charge in [0.1, 0.15) is 5.82 Å². The number of carbonyl (C=O) groups is 1. The third kappa shape index (κ3) is 2.36. The van der Waals surface area contributed by atoms with Crippen LogP contribution in [-0.4, -0.2) is 32.6 Å². The van der Waals surface area contributed by atoms with Gasteiger partial charge in [-0.05, 0) is 24.5 Å². The van der Waals surface area contributed by atoms with E-state index < -0.39 is 5.97 Å². The number of hydrogen-bond acceptors (Lipinski definition) is 3. The summed E-state index contributed by atoms with van der Waals surface area (Å²) < 4.78 is 2.18. The molecule has 0 bridgehead atoms. The smallest absolute Gasteiger partial charge is 0.335 e. The van der Waals surface area contributed by atoms with Crippen molar-refractivity contribution in [3.8, 4) is 0 Å². The Hall–Kier alpha value is -1.49. The molecule has 0 spiro atoms. The van der Waals surface area contributed by atoms with Crippen LogP contribution in [0.3, 0.4) is 0 Å². The number of aryl methyl sites for hydroxylation is 2. The lowest BCUT2D eigenvalue weighted by atomic mass is 10.2. The topological polar surface area (TPSA) is 55.1 Å². The molecule has 2 rings (SSSR count). The van der Waals surface area contributed by atoms with E-state index in [4.69, 9.17) is 5.11 Å². The molecule has 0 saturated carbocycles. The average molecular weight is 264 g/mol. The quantitative estimate of drug-likeness (QED) is 0.902. The van der Waals surface area contributed by atoms with Crippen molar-refractivity contribution >= 4 is 28.8 Å². The molecule has 96 valence electrons. The first-order valence-electron chi connectivity index (χ1n) is 5.88. The molecule has 0 radical (unpaired) electrons. The first kappa shape index (κ1) is 13.0. The molecule has 0 atom stereocenters. The van der Waals surface area contributed by atoms with Crippen molar-refractivity contribution in [2.75, 3.05) is 12.0 Å². The highest BCUT2D eigenvalue weighted by atomic mass is 32.2. The van der Waals surface area contributed by atoms with Gasteiger partial charge in [-0.1, -0.05) is 6.92 Å². The number of fused-ring (bicyclic) bond motifs is 1. The lowest BCUT2D eigenvalue weighted by molar-refractivity contribution is 0.0697. The molecule has 2 aromatic rings. The number of aromatic carboxylic acids is 1. The van der Waals surface area contributed by atoms with Crippen LogP contribution in [-0.2, 0) is 13.0 Å². The third-order valence-corrected chi connectivity index (χ3v) is 3.50. The van der Waals surface area contributed by atoms with Crippen LogP contribution in [0.2, 0.25) is 0 Å². The van der Waals surface area contributed by atoms with Gasteiger partial charge in [-0.3, -0.25) is 0 Å². The molecular formula is C13H16N2O2S. The summed E-state index contributed by atoms with van der Waals surface area (Å²) in [6, 6.07) is 5.14. The first-order valence-corrected chi connectivity index (χ1v) is 7.28. The number of benzene rings is 1. The Kier molecular flexibility index (Phi) is 3.91. The number of hydrogen-bond donors (Lipinski definition) is 1. The van der Waals surface area contributed by atoms with Crippen LogP contribution in [0.5, 0.6) is 0 Å². The van der Waals surface area contributed by atoms with Crippen LogP contribution < -0.4 is 0 Å². The monoisotopic (exact) mass is 264 g/mol. The maximum atomic E-state index is 10.9. The van der Waals surface area contributed by atoms with Crippen molar-refractivity contribution in [1.29, 1.82) is 0 Å². The van der Waals surface area contributed by atoms with E-state index >= 15 is 0 Å². The van der Waals surface area contributed by atoms with Crippen LogP contribution in [0.1, 0.15) is 23.1 Å². The van der Waals surface area contributed by atoms with Gasteiger partial charge in [0.25, 0.3) is 0 Å². The molecule has 1 aromatic carbocycles. The Morgan fingerprint density at radius 2 is 2.28 bits per heavy atom. The second kappa shape index (κ2) is 5.44. The Labute approximate surface area is 110 Å². The van der Waals surface area contributed by atoms with E-state index in [9.17, 15) is 4.79 Å². The van der Waals surface area contributed by atoms with Gasteiger partial charge in [0.05, 0.1) is 16.6 Å². The second-order valence-corrected chi connectivity index (χ2v) is 5.02. The molecule has 0 aliphatic heterocycles. The maximum absolute atomic E-state index is 10.9. The van der Waals surface area contributed by atoms with Crippen molar-refractivity contribution < 1.29 is 9.90 Å². The van der Waals surface area contributed by atoms with Gasteiger partial charge in [-0.15, -0.1) is 0 Å². The normalized spacial score (nSPS) is 11.0. The van der Waals surface area contributed by atoms with Crippen molar-refractivity contribution in [2.24, 2.45) is 0 Å². The van der Waals surface area contributed by atoms with E-state index in [1.807, 2.05) is 6.07 Å². The van der Waals surface area contributed by atoms with Gasteiger partial charge >= 0.3 is 5.97 Å². The first-order chi connectivity index (χ1) is 8.67. The molecule has 4 nitrogen and oxygen atoms in total. The molecule has 0 fully saturated rings. The zero-order chi connectivity index (χ0) is 13.1. The SMILES string of the molecule is CCc1nc2cc(C(=O)O)ccc2n1CCSC. The molecule has 1 heterocycles. The summed E-state index contributed by atoms with van der Waals surface area (Å²) >= 11 is 1.79. The molecule has 18 heavy (non-hydrogen) atoms. The fourth-order valence-corrected chi connectivity index (χ4v) is 2.38. The maximum Gasteiger partial charge on any atom is 0.335 e. The Balaban J connectivity index is 2.51. The Morgan fingerprint density at radius 3 is 2.89 bits per heavy atom. The standard InChI is InChI=1S/C13H16N2O2S/c1-3-12-14-10-8-9(13(16)17)4-5-11(10)15(12)6-7-18-2/h4-5,8H,3,6-7H2,1-2H3,(H,16,17). The highest BCUT2D eigenvalue weighted by molar-refractivity contribution is 7.98. The fourth-order valence-electron chi connectivity index (χ4n) is 2.01. The number of aromatic nitrogens is 2. The second-order valence-electron chi connectivity index (χ2n) is 4.03. The van der Waals surface area contributed by atoms with Gasteiger partial charge in [0.2, 0.25) is 0 Å². The summed E-state index contributed by atoms with van der Waals surface area (Å²) in [5.74, 6) is 1.13. The van der Waals surface area contributed by atoms with E-state index in [0.717, 1.165) is 35.6 Å². The number of carboxylic acids is 1. The number of nitrogens with zero attached hydrogens (tertiary/aromatic N) is 2. The van der Waals surface area contributed by atoms with Crippen LogP contribution in [0.25, 0.3) is 11.0 Å². The summed E-state index contributed by atoms with van der Waals surface area (Å²) in [4.78, 5) is 15.5. The summed E-state index contributed by atoms with van der Waals surface area (Å²) in [5.41, 5.74) is 2.08. The molecule has 0 unspecified atom stereocenters. The number of carboxylic acid groups (broad SMARTS) is 1. The summed E-state index contributed by atoms with van der Waals surface area (Å²) in [6.45, 7) is 2.97. The molecular weight excluding hydrogens is 248 g/mol. The average Bonchev–Trinajstić information content (AvgIpc) is 2.72. The van der Waals surface area contributed by atoms with Crippen LogP contribution in [0, 0.1) is 0 Å². The zero-order valence-corrected chi connectivity index (χ0v) is 11.3. The van der Waals surface area contributed by atoms with Crippen LogP contribution in [0.4, 0.5) is 0 Å². The molecule has 0 aliphatic carbocycles. The minimum absolute atomic E-state index is 0.291. The van der Waals surface area contributed by atoms with Gasteiger partial charge < -0.3 is 9.67 Å². The van der Waals surface area contributed by atoms with Crippen molar-refractivity contribution in [3.63, 3.8) is 0 Å². The number of thioether (sulfide) groups is 1. The van der Waals surface area contributed by atoms with Crippen LogP contribution in [0.15, 0.2) is 18.2 Å². The lowest BCUT2D eigenvalue weighted by Gasteiger charge is -2.06. The van der Waals surface area contributed by atoms with E-state index in [0.29, 0.717) is 5.56 Å². The van der Waals surface area contributed by atoms with Gasteiger partial charge in [0.15, 0.2) is 0 Å². The summed E-state index contributed by atoms with van der Waals surface area (Å²) in [7, 11) is 0. The van der Waals surface area contributed by atoms with E-state index in [1.54, 1.807) is 23.9 Å². The number of rotatable bonds is 5. The van der Waals surface area contributed by atoms with Gasteiger partial charge in [-0.2, -0.15) is 11.8 Å².